The summed E-state index contributed by atoms with van der Waals surface area (Å²) in [4.78, 5) is 16.0. The first-order chi connectivity index (χ1) is 15.5. The van der Waals surface area contributed by atoms with E-state index < -0.39 is 0 Å². The maximum atomic E-state index is 11.8. The van der Waals surface area contributed by atoms with Crippen molar-refractivity contribution in [2.24, 2.45) is 5.41 Å². The molecule has 0 saturated carbocycles. The van der Waals surface area contributed by atoms with E-state index in [1.54, 1.807) is 6.20 Å². The maximum Gasteiger partial charge on any atom is 0.245 e. The van der Waals surface area contributed by atoms with Crippen molar-refractivity contribution in [1.82, 2.24) is 15.1 Å². The number of anilines is 1. The number of halogens is 1. The number of H-pyrrole nitrogens is 1. The highest BCUT2D eigenvalue weighted by Gasteiger charge is 2.46. The first kappa shape index (κ1) is 20.6. The molecule has 6 nitrogen and oxygen atoms in total. The Hall–Kier alpha value is -3.30. The minimum Gasteiger partial charge on any atom is -0.370 e. The number of nitriles is 1. The standard InChI is InChI=1S/C25H24ClN5O/c1-3-22(32)31-14-25(15-31)8-10-30(11-9-25)21-7-5-19(26)24(17(21)12-27)23-16(2)4-6-20-18(23)13-28-29-20/h3-7,13H,1,8-11,14-15H2,2H3,(H,28,29). The molecule has 0 atom stereocenters. The lowest BCUT2D eigenvalue weighted by atomic mass is 9.71. The smallest absolute Gasteiger partial charge is 0.245 e. The molecule has 5 rings (SSSR count). The third kappa shape index (κ3) is 3.16. The molecule has 2 saturated heterocycles. The molecular weight excluding hydrogens is 422 g/mol. The van der Waals surface area contributed by atoms with Gasteiger partial charge in [-0.25, -0.2) is 0 Å². The van der Waals surface area contributed by atoms with Gasteiger partial charge in [0.05, 0.1) is 23.0 Å². The van der Waals surface area contributed by atoms with E-state index in [2.05, 4.69) is 27.7 Å². The summed E-state index contributed by atoms with van der Waals surface area (Å²) in [6.45, 7) is 8.90. The molecule has 1 spiro atoms. The van der Waals surface area contributed by atoms with Crippen molar-refractivity contribution in [3.8, 4) is 17.2 Å². The van der Waals surface area contributed by atoms with E-state index in [1.165, 1.54) is 6.08 Å². The number of carbonyl (C=O) groups excluding carboxylic acids is 1. The average molecular weight is 446 g/mol. The Labute approximate surface area is 192 Å². The number of nitrogens with one attached hydrogen (secondary N) is 1. The molecule has 2 fully saturated rings. The molecule has 0 unspecified atom stereocenters. The third-order valence-electron chi connectivity index (χ3n) is 7.03. The number of hydrogen-bond donors (Lipinski definition) is 1. The van der Waals surface area contributed by atoms with Crippen molar-refractivity contribution >= 4 is 34.1 Å². The Morgan fingerprint density at radius 3 is 2.69 bits per heavy atom. The summed E-state index contributed by atoms with van der Waals surface area (Å²) < 4.78 is 0. The van der Waals surface area contributed by atoms with Crippen LogP contribution in [0.2, 0.25) is 5.02 Å². The highest BCUT2D eigenvalue weighted by molar-refractivity contribution is 6.34. The minimum atomic E-state index is 0.0101. The Balaban J connectivity index is 1.48. The van der Waals surface area contributed by atoms with Gasteiger partial charge in [-0.2, -0.15) is 10.4 Å². The number of hydrogen-bond acceptors (Lipinski definition) is 4. The van der Waals surface area contributed by atoms with Crippen LogP contribution in [0, 0.1) is 23.7 Å². The number of rotatable bonds is 3. The lowest BCUT2D eigenvalue weighted by Gasteiger charge is -2.54. The average Bonchev–Trinajstić information content (AvgIpc) is 3.26. The monoisotopic (exact) mass is 445 g/mol. The number of aromatic amines is 1. The van der Waals surface area contributed by atoms with Gasteiger partial charge in [0.15, 0.2) is 0 Å². The number of aromatic nitrogens is 2. The molecule has 1 amide bonds. The van der Waals surface area contributed by atoms with E-state index in [1.807, 2.05) is 36.1 Å². The van der Waals surface area contributed by atoms with Gasteiger partial charge < -0.3 is 9.80 Å². The Morgan fingerprint density at radius 1 is 1.25 bits per heavy atom. The minimum absolute atomic E-state index is 0.0101. The summed E-state index contributed by atoms with van der Waals surface area (Å²) in [5.41, 5.74) is 5.39. The van der Waals surface area contributed by atoms with Crippen molar-refractivity contribution < 1.29 is 4.79 Å². The van der Waals surface area contributed by atoms with Crippen LogP contribution in [-0.4, -0.2) is 47.2 Å². The van der Waals surface area contributed by atoms with Crippen LogP contribution in [-0.2, 0) is 4.79 Å². The summed E-state index contributed by atoms with van der Waals surface area (Å²) in [5, 5.41) is 18.9. The summed E-state index contributed by atoms with van der Waals surface area (Å²) in [6.07, 6.45) is 5.17. The number of piperidine rings is 1. The highest BCUT2D eigenvalue weighted by atomic mass is 35.5. The molecule has 2 aromatic carbocycles. The number of likely N-dealkylation sites (tertiary alicyclic amines) is 1. The second-order valence-corrected chi connectivity index (χ2v) is 9.31. The van der Waals surface area contributed by atoms with Crippen LogP contribution in [0.4, 0.5) is 5.69 Å². The molecule has 3 heterocycles. The second kappa shape index (κ2) is 7.68. The van der Waals surface area contributed by atoms with E-state index >= 15 is 0 Å². The van der Waals surface area contributed by atoms with Crippen molar-refractivity contribution in [2.45, 2.75) is 19.8 Å². The fourth-order valence-electron chi connectivity index (χ4n) is 5.23. The van der Waals surface area contributed by atoms with Crippen molar-refractivity contribution in [3.63, 3.8) is 0 Å². The van der Waals surface area contributed by atoms with Crippen LogP contribution < -0.4 is 4.90 Å². The van der Waals surface area contributed by atoms with Gasteiger partial charge in [-0.1, -0.05) is 24.2 Å². The zero-order valence-electron chi connectivity index (χ0n) is 18.0. The Morgan fingerprint density at radius 2 is 2.00 bits per heavy atom. The maximum absolute atomic E-state index is 11.8. The SMILES string of the molecule is C=CC(=O)N1CC2(CCN(c3ccc(Cl)c(-c4c(C)ccc5[nH]ncc45)c3C#N)CC2)C1. The fraction of sp³-hybridized carbons (Fsp3) is 0.320. The van der Waals surface area contributed by atoms with Gasteiger partial charge in [0.1, 0.15) is 6.07 Å². The zero-order chi connectivity index (χ0) is 22.5. The van der Waals surface area contributed by atoms with Crippen molar-refractivity contribution in [1.29, 1.82) is 5.26 Å². The fourth-order valence-corrected chi connectivity index (χ4v) is 5.48. The normalized spacial score (nSPS) is 17.3. The summed E-state index contributed by atoms with van der Waals surface area (Å²) >= 11 is 6.68. The number of carbonyl (C=O) groups is 1. The largest absolute Gasteiger partial charge is 0.370 e. The van der Waals surface area contributed by atoms with Crippen LogP contribution in [0.15, 0.2) is 43.1 Å². The number of benzene rings is 2. The van der Waals surface area contributed by atoms with Gasteiger partial charge in [0.25, 0.3) is 0 Å². The van der Waals surface area contributed by atoms with E-state index in [9.17, 15) is 10.1 Å². The lowest BCUT2D eigenvalue weighted by molar-refractivity contribution is -0.139. The number of fused-ring (bicyclic) bond motifs is 1. The number of aryl methyl sites for hydroxylation is 1. The van der Waals surface area contributed by atoms with Gasteiger partial charge in [0.2, 0.25) is 5.91 Å². The summed E-state index contributed by atoms with van der Waals surface area (Å²) in [5.74, 6) is 0.0101. The molecular formula is C25H24ClN5O. The van der Waals surface area contributed by atoms with Crippen LogP contribution in [0.25, 0.3) is 22.0 Å². The predicted molar refractivity (Wildman–Crippen MR) is 127 cm³/mol. The molecule has 162 valence electrons. The molecule has 0 bridgehead atoms. The van der Waals surface area contributed by atoms with Crippen LogP contribution >= 0.6 is 11.6 Å². The van der Waals surface area contributed by atoms with E-state index in [-0.39, 0.29) is 11.3 Å². The quantitative estimate of drug-likeness (QED) is 0.594. The van der Waals surface area contributed by atoms with Gasteiger partial charge in [0, 0.05) is 47.6 Å². The van der Waals surface area contributed by atoms with Crippen LogP contribution in [0.1, 0.15) is 24.0 Å². The molecule has 2 aliphatic rings. The molecule has 32 heavy (non-hydrogen) atoms. The third-order valence-corrected chi connectivity index (χ3v) is 7.35. The second-order valence-electron chi connectivity index (χ2n) is 8.90. The number of amides is 1. The van der Waals surface area contributed by atoms with Crippen LogP contribution in [0.3, 0.4) is 0 Å². The number of nitrogens with zero attached hydrogens (tertiary/aromatic N) is 4. The zero-order valence-corrected chi connectivity index (χ0v) is 18.7. The van der Waals surface area contributed by atoms with Crippen molar-refractivity contribution in [3.05, 3.63) is 59.3 Å². The molecule has 0 radical (unpaired) electrons. The molecule has 1 aromatic heterocycles. The van der Waals surface area contributed by atoms with E-state index in [0.29, 0.717) is 10.6 Å². The van der Waals surface area contributed by atoms with Gasteiger partial charge >= 0.3 is 0 Å². The van der Waals surface area contributed by atoms with Gasteiger partial charge in [-0.05, 0) is 55.2 Å². The summed E-state index contributed by atoms with van der Waals surface area (Å²) in [7, 11) is 0. The first-order valence-corrected chi connectivity index (χ1v) is 11.2. The van der Waals surface area contributed by atoms with E-state index in [4.69, 9.17) is 11.6 Å². The van der Waals surface area contributed by atoms with Gasteiger partial charge in [-0.3, -0.25) is 9.89 Å². The molecule has 0 aliphatic carbocycles. The first-order valence-electron chi connectivity index (χ1n) is 10.8. The van der Waals surface area contributed by atoms with Gasteiger partial charge in [-0.15, -0.1) is 0 Å². The van der Waals surface area contributed by atoms with E-state index in [0.717, 1.165) is 72.3 Å². The molecule has 1 N–H and O–H groups in total. The topological polar surface area (TPSA) is 76.0 Å². The Bertz CT molecular complexity index is 1270. The summed E-state index contributed by atoms with van der Waals surface area (Å²) in [6, 6.07) is 10.3. The molecule has 2 aliphatic heterocycles. The highest BCUT2D eigenvalue weighted by Crippen LogP contribution is 2.45. The molecule has 3 aromatic rings. The predicted octanol–water partition coefficient (Wildman–Crippen LogP) is 4.68. The van der Waals surface area contributed by atoms with Crippen LogP contribution in [0.5, 0.6) is 0 Å². The molecule has 7 heteroatoms. The Kier molecular flexibility index (Phi) is 4.94. The van der Waals surface area contributed by atoms with Crippen molar-refractivity contribution in [2.75, 3.05) is 31.1 Å². The lowest BCUT2D eigenvalue weighted by Crippen LogP contribution is -2.61.